The van der Waals surface area contributed by atoms with Gasteiger partial charge < -0.3 is 5.32 Å². The Kier molecular flexibility index (Phi) is 3.32. The maximum absolute atomic E-state index is 12.0. The van der Waals surface area contributed by atoms with Gasteiger partial charge in [0.05, 0.1) is 10.2 Å². The Morgan fingerprint density at radius 2 is 2.04 bits per heavy atom. The van der Waals surface area contributed by atoms with Gasteiger partial charge in [-0.15, -0.1) is 11.3 Å². The quantitative estimate of drug-likeness (QED) is 0.606. The highest BCUT2D eigenvalue weighted by Crippen LogP contribution is 2.31. The number of benzene rings is 2. The van der Waals surface area contributed by atoms with Gasteiger partial charge in [0.1, 0.15) is 11.3 Å². The molecule has 0 bridgehead atoms. The second-order valence-electron chi connectivity index (χ2n) is 4.86. The summed E-state index contributed by atoms with van der Waals surface area (Å²) in [5.74, 6) is -0.153. The number of amides is 1. The summed E-state index contributed by atoms with van der Waals surface area (Å²) in [6.07, 6.45) is 1.30. The van der Waals surface area contributed by atoms with E-state index in [1.54, 1.807) is 11.3 Å². The van der Waals surface area contributed by atoms with Crippen molar-refractivity contribution in [1.29, 1.82) is 0 Å². The number of para-hydroxylation sites is 1. The molecule has 6 nitrogen and oxygen atoms in total. The average molecular weight is 321 g/mol. The minimum atomic E-state index is -0.330. The van der Waals surface area contributed by atoms with Crippen molar-refractivity contribution in [3.63, 3.8) is 0 Å². The van der Waals surface area contributed by atoms with Crippen molar-refractivity contribution in [2.45, 2.75) is 0 Å². The third-order valence-corrected chi connectivity index (χ3v) is 4.38. The van der Waals surface area contributed by atoms with Crippen LogP contribution >= 0.6 is 11.3 Å². The zero-order valence-electron chi connectivity index (χ0n) is 11.9. The van der Waals surface area contributed by atoms with Crippen molar-refractivity contribution in [2.75, 3.05) is 5.32 Å². The first kappa shape index (κ1) is 13.6. The minimum Gasteiger partial charge on any atom is -0.319 e. The van der Waals surface area contributed by atoms with E-state index in [1.807, 2.05) is 48.5 Å². The third kappa shape index (κ3) is 2.69. The summed E-state index contributed by atoms with van der Waals surface area (Å²) >= 11 is 1.62. The minimum absolute atomic E-state index is 0.176. The predicted molar refractivity (Wildman–Crippen MR) is 89.4 cm³/mol. The molecule has 0 aliphatic rings. The number of hydrogen-bond acceptors (Lipinski definition) is 5. The number of nitrogens with one attached hydrogen (secondary N) is 2. The van der Waals surface area contributed by atoms with E-state index in [2.05, 4.69) is 25.5 Å². The molecule has 2 heterocycles. The molecule has 1 amide bonds. The van der Waals surface area contributed by atoms with Crippen molar-refractivity contribution < 1.29 is 4.79 Å². The summed E-state index contributed by atoms with van der Waals surface area (Å²) in [7, 11) is 0. The van der Waals surface area contributed by atoms with Gasteiger partial charge in [-0.3, -0.25) is 9.89 Å². The smallest absolute Gasteiger partial charge is 0.292 e. The highest BCUT2D eigenvalue weighted by molar-refractivity contribution is 7.21. The van der Waals surface area contributed by atoms with E-state index in [-0.39, 0.29) is 11.7 Å². The van der Waals surface area contributed by atoms with Crippen LogP contribution in [0.4, 0.5) is 5.69 Å². The van der Waals surface area contributed by atoms with Crippen molar-refractivity contribution in [2.24, 2.45) is 0 Å². The first-order valence-electron chi connectivity index (χ1n) is 6.92. The molecule has 4 aromatic rings. The van der Waals surface area contributed by atoms with Crippen molar-refractivity contribution in [3.8, 4) is 10.6 Å². The summed E-state index contributed by atoms with van der Waals surface area (Å²) in [4.78, 5) is 20.5. The number of nitrogens with zero attached hydrogens (tertiary/aromatic N) is 3. The molecular weight excluding hydrogens is 310 g/mol. The van der Waals surface area contributed by atoms with Crippen LogP contribution in [0.25, 0.3) is 20.8 Å². The lowest BCUT2D eigenvalue weighted by molar-refractivity contribution is 0.101. The van der Waals surface area contributed by atoms with Crippen LogP contribution in [0.1, 0.15) is 10.6 Å². The van der Waals surface area contributed by atoms with E-state index in [9.17, 15) is 4.79 Å². The van der Waals surface area contributed by atoms with Crippen LogP contribution in [-0.2, 0) is 0 Å². The molecule has 0 radical (unpaired) electrons. The van der Waals surface area contributed by atoms with Gasteiger partial charge in [-0.1, -0.05) is 24.3 Å². The molecule has 2 aromatic carbocycles. The molecule has 0 atom stereocenters. The van der Waals surface area contributed by atoms with E-state index in [4.69, 9.17) is 0 Å². The standard InChI is InChI=1S/C16H11N5OS/c22-15(14-17-9-18-21-14)19-11-5-3-4-10(8-11)16-20-12-6-1-2-7-13(12)23-16/h1-9H,(H,19,22)(H,17,18,21). The third-order valence-electron chi connectivity index (χ3n) is 3.29. The lowest BCUT2D eigenvalue weighted by atomic mass is 10.2. The Balaban J connectivity index is 1.64. The lowest BCUT2D eigenvalue weighted by Crippen LogP contribution is -2.13. The fraction of sp³-hybridized carbons (Fsp3) is 0. The first-order valence-corrected chi connectivity index (χ1v) is 7.74. The summed E-state index contributed by atoms with van der Waals surface area (Å²) in [5, 5.41) is 9.92. The Labute approximate surface area is 135 Å². The molecule has 2 aromatic heterocycles. The molecule has 4 rings (SSSR count). The Morgan fingerprint density at radius 1 is 1.13 bits per heavy atom. The van der Waals surface area contributed by atoms with Gasteiger partial charge in [-0.05, 0) is 24.3 Å². The Morgan fingerprint density at radius 3 is 2.87 bits per heavy atom. The van der Waals surface area contributed by atoms with Crippen LogP contribution in [-0.4, -0.2) is 26.1 Å². The maximum atomic E-state index is 12.0. The molecule has 23 heavy (non-hydrogen) atoms. The van der Waals surface area contributed by atoms with Gasteiger partial charge in [0.2, 0.25) is 5.82 Å². The Hall–Kier alpha value is -3.06. The van der Waals surface area contributed by atoms with Crippen LogP contribution in [0.5, 0.6) is 0 Å². The highest BCUT2D eigenvalue weighted by Gasteiger charge is 2.10. The lowest BCUT2D eigenvalue weighted by Gasteiger charge is -2.04. The molecule has 7 heteroatoms. The predicted octanol–water partition coefficient (Wildman–Crippen LogP) is 3.33. The number of H-pyrrole nitrogens is 1. The van der Waals surface area contributed by atoms with Crippen LogP contribution in [0, 0.1) is 0 Å². The van der Waals surface area contributed by atoms with Gasteiger partial charge in [-0.25, -0.2) is 9.97 Å². The van der Waals surface area contributed by atoms with Gasteiger partial charge in [0.25, 0.3) is 5.91 Å². The second kappa shape index (κ2) is 5.62. The fourth-order valence-electron chi connectivity index (χ4n) is 2.23. The van der Waals surface area contributed by atoms with E-state index in [1.165, 1.54) is 6.33 Å². The maximum Gasteiger partial charge on any atom is 0.292 e. The van der Waals surface area contributed by atoms with E-state index < -0.39 is 0 Å². The molecule has 2 N–H and O–H groups in total. The number of hydrogen-bond donors (Lipinski definition) is 2. The van der Waals surface area contributed by atoms with Crippen LogP contribution in [0.15, 0.2) is 54.9 Å². The molecule has 0 aliphatic heterocycles. The number of fused-ring (bicyclic) bond motifs is 1. The molecule has 0 saturated heterocycles. The molecule has 0 spiro atoms. The van der Waals surface area contributed by atoms with Crippen LogP contribution in [0.2, 0.25) is 0 Å². The molecule has 0 fully saturated rings. The van der Waals surface area contributed by atoms with E-state index in [0.29, 0.717) is 5.69 Å². The van der Waals surface area contributed by atoms with Crippen LogP contribution in [0.3, 0.4) is 0 Å². The number of carbonyl (C=O) groups excluding carboxylic acids is 1. The number of aromatic nitrogens is 4. The molecule has 0 saturated carbocycles. The number of rotatable bonds is 3. The molecular formula is C16H11N5OS. The van der Waals surface area contributed by atoms with Gasteiger partial charge >= 0.3 is 0 Å². The largest absolute Gasteiger partial charge is 0.319 e. The van der Waals surface area contributed by atoms with E-state index >= 15 is 0 Å². The fourth-order valence-corrected chi connectivity index (χ4v) is 3.19. The summed E-state index contributed by atoms with van der Waals surface area (Å²) in [6, 6.07) is 15.6. The number of aromatic amines is 1. The number of anilines is 1. The molecule has 112 valence electrons. The highest BCUT2D eigenvalue weighted by atomic mass is 32.1. The summed E-state index contributed by atoms with van der Waals surface area (Å²) in [5.41, 5.74) is 2.62. The number of thiazole rings is 1. The normalized spacial score (nSPS) is 10.8. The summed E-state index contributed by atoms with van der Waals surface area (Å²) < 4.78 is 1.14. The zero-order chi connectivity index (χ0) is 15.6. The first-order chi connectivity index (χ1) is 11.3. The van der Waals surface area contributed by atoms with Crippen molar-refractivity contribution >= 4 is 33.1 Å². The van der Waals surface area contributed by atoms with Gasteiger partial charge in [0, 0.05) is 11.3 Å². The van der Waals surface area contributed by atoms with E-state index in [0.717, 1.165) is 20.8 Å². The summed E-state index contributed by atoms with van der Waals surface area (Å²) in [6.45, 7) is 0. The number of carbonyl (C=O) groups is 1. The van der Waals surface area contributed by atoms with Crippen molar-refractivity contribution in [1.82, 2.24) is 20.2 Å². The molecule has 0 unspecified atom stereocenters. The molecule has 0 aliphatic carbocycles. The zero-order valence-corrected chi connectivity index (χ0v) is 12.7. The monoisotopic (exact) mass is 321 g/mol. The SMILES string of the molecule is O=C(Nc1cccc(-c2nc3ccccc3s2)c1)c1ncn[nH]1. The Bertz CT molecular complexity index is 944. The van der Waals surface area contributed by atoms with Gasteiger partial charge in [-0.2, -0.15) is 5.10 Å². The van der Waals surface area contributed by atoms with Crippen LogP contribution < -0.4 is 5.32 Å². The topological polar surface area (TPSA) is 83.6 Å². The average Bonchev–Trinajstić information content (AvgIpc) is 3.24. The van der Waals surface area contributed by atoms with Gasteiger partial charge in [0.15, 0.2) is 0 Å². The second-order valence-corrected chi connectivity index (χ2v) is 5.89. The van der Waals surface area contributed by atoms with Crippen molar-refractivity contribution in [3.05, 3.63) is 60.7 Å².